The molecular formula is C24H28N6O3. The van der Waals surface area contributed by atoms with Crippen LogP contribution in [0.1, 0.15) is 17.4 Å². The van der Waals surface area contributed by atoms with Crippen molar-refractivity contribution in [3.63, 3.8) is 0 Å². The molecule has 1 aromatic carbocycles. The van der Waals surface area contributed by atoms with Crippen molar-refractivity contribution in [2.24, 2.45) is 0 Å². The predicted octanol–water partition coefficient (Wildman–Crippen LogP) is 2.66. The topological polar surface area (TPSA) is 92.7 Å². The van der Waals surface area contributed by atoms with Gasteiger partial charge >= 0.3 is 0 Å². The summed E-state index contributed by atoms with van der Waals surface area (Å²) in [6.07, 6.45) is 4.59. The number of rotatable bonds is 8. The zero-order valence-electron chi connectivity index (χ0n) is 18.8. The van der Waals surface area contributed by atoms with Gasteiger partial charge in [0.1, 0.15) is 23.5 Å². The molecule has 0 bridgehead atoms. The third-order valence-electron chi connectivity index (χ3n) is 5.36. The molecule has 1 N–H and O–H groups in total. The van der Waals surface area contributed by atoms with E-state index in [9.17, 15) is 4.79 Å². The lowest BCUT2D eigenvalue weighted by Crippen LogP contribution is -2.46. The lowest BCUT2D eigenvalue weighted by Gasteiger charge is -2.33. The van der Waals surface area contributed by atoms with Crippen LogP contribution in [0.5, 0.6) is 5.75 Å². The summed E-state index contributed by atoms with van der Waals surface area (Å²) in [5, 5.41) is 3.14. The van der Waals surface area contributed by atoms with Gasteiger partial charge in [-0.15, -0.1) is 0 Å². The summed E-state index contributed by atoms with van der Waals surface area (Å²) in [4.78, 5) is 29.7. The average molecular weight is 449 g/mol. The quantitative estimate of drug-likeness (QED) is 0.562. The summed E-state index contributed by atoms with van der Waals surface area (Å²) in [6.45, 7) is 2.53. The molecule has 9 heteroatoms. The van der Waals surface area contributed by atoms with Crippen LogP contribution in [0.2, 0.25) is 0 Å². The number of aromatic nitrogens is 3. The Bertz CT molecular complexity index is 1050. The predicted molar refractivity (Wildman–Crippen MR) is 124 cm³/mol. The van der Waals surface area contributed by atoms with E-state index in [1.165, 1.54) is 0 Å². The minimum absolute atomic E-state index is 0.0770. The Morgan fingerprint density at radius 2 is 2.06 bits per heavy atom. The van der Waals surface area contributed by atoms with Crippen LogP contribution in [-0.2, 0) is 16.1 Å². The Hall–Kier alpha value is -3.56. The SMILES string of the molecule is COc1ccc(CN(C)CC(=O)N2CCOC(c3cccc(Nc4cnccn4)n3)C2)cc1. The van der Waals surface area contributed by atoms with Crippen LogP contribution in [0.25, 0.3) is 0 Å². The first kappa shape index (κ1) is 22.6. The van der Waals surface area contributed by atoms with E-state index in [4.69, 9.17) is 9.47 Å². The highest BCUT2D eigenvalue weighted by Gasteiger charge is 2.27. The van der Waals surface area contributed by atoms with Crippen molar-refractivity contribution in [2.45, 2.75) is 12.6 Å². The second kappa shape index (κ2) is 10.8. The maximum atomic E-state index is 12.9. The number of methoxy groups -OCH3 is 1. The number of hydrogen-bond donors (Lipinski definition) is 1. The van der Waals surface area contributed by atoms with Crippen molar-refractivity contribution < 1.29 is 14.3 Å². The second-order valence-corrected chi connectivity index (χ2v) is 7.88. The summed E-state index contributed by atoms with van der Waals surface area (Å²) in [5.74, 6) is 2.16. The molecule has 1 unspecified atom stereocenters. The summed E-state index contributed by atoms with van der Waals surface area (Å²) >= 11 is 0. The molecule has 9 nitrogen and oxygen atoms in total. The zero-order valence-corrected chi connectivity index (χ0v) is 18.8. The standard InChI is InChI=1S/C24H28N6O3/c1-29(15-18-6-8-19(32-2)9-7-18)17-24(31)30-12-13-33-21(16-30)20-4-3-5-22(27-20)28-23-14-25-10-11-26-23/h3-11,14,21H,12-13,15-17H2,1-2H3,(H,26,27,28). The van der Waals surface area contributed by atoms with Gasteiger partial charge in [-0.1, -0.05) is 18.2 Å². The Morgan fingerprint density at radius 1 is 1.21 bits per heavy atom. The minimum atomic E-state index is -0.279. The van der Waals surface area contributed by atoms with Crippen LogP contribution in [0, 0.1) is 0 Å². The van der Waals surface area contributed by atoms with Crippen molar-refractivity contribution in [1.29, 1.82) is 0 Å². The van der Waals surface area contributed by atoms with Gasteiger partial charge in [-0.2, -0.15) is 0 Å². The summed E-state index contributed by atoms with van der Waals surface area (Å²) < 4.78 is 11.1. The van der Waals surface area contributed by atoms with Gasteiger partial charge in [0.15, 0.2) is 0 Å². The van der Waals surface area contributed by atoms with Crippen LogP contribution in [0.15, 0.2) is 61.1 Å². The second-order valence-electron chi connectivity index (χ2n) is 7.88. The van der Waals surface area contributed by atoms with Crippen LogP contribution in [-0.4, -0.2) is 71.1 Å². The van der Waals surface area contributed by atoms with Crippen LogP contribution in [0.3, 0.4) is 0 Å². The molecule has 4 rings (SSSR count). The Balaban J connectivity index is 1.33. The van der Waals surface area contributed by atoms with Gasteiger partial charge in [-0.05, 0) is 36.9 Å². The fourth-order valence-corrected chi connectivity index (χ4v) is 3.68. The van der Waals surface area contributed by atoms with Crippen LogP contribution >= 0.6 is 0 Å². The first-order chi connectivity index (χ1) is 16.1. The van der Waals surface area contributed by atoms with Crippen molar-refractivity contribution in [3.8, 4) is 5.75 Å². The molecule has 3 aromatic rings. The lowest BCUT2D eigenvalue weighted by atomic mass is 10.1. The fourth-order valence-electron chi connectivity index (χ4n) is 3.68. The molecular weight excluding hydrogens is 420 g/mol. The Labute approximate surface area is 193 Å². The highest BCUT2D eigenvalue weighted by atomic mass is 16.5. The summed E-state index contributed by atoms with van der Waals surface area (Å²) in [6, 6.07) is 13.6. The van der Waals surface area contributed by atoms with Gasteiger partial charge in [0.2, 0.25) is 5.91 Å². The lowest BCUT2D eigenvalue weighted by molar-refractivity contribution is -0.140. The molecule has 1 atom stereocenters. The number of nitrogens with one attached hydrogen (secondary N) is 1. The highest BCUT2D eigenvalue weighted by molar-refractivity contribution is 5.78. The number of benzene rings is 1. The third-order valence-corrected chi connectivity index (χ3v) is 5.36. The molecule has 0 spiro atoms. The van der Waals surface area contributed by atoms with E-state index in [2.05, 4.69) is 20.3 Å². The summed E-state index contributed by atoms with van der Waals surface area (Å²) in [5.41, 5.74) is 1.90. The normalized spacial score (nSPS) is 16.0. The fraction of sp³-hybridized carbons (Fsp3) is 0.333. The summed E-state index contributed by atoms with van der Waals surface area (Å²) in [7, 11) is 3.60. The highest BCUT2D eigenvalue weighted by Crippen LogP contribution is 2.23. The molecule has 2 aromatic heterocycles. The maximum Gasteiger partial charge on any atom is 0.236 e. The van der Waals surface area contributed by atoms with Crippen molar-refractivity contribution in [2.75, 3.05) is 45.7 Å². The smallest absolute Gasteiger partial charge is 0.236 e. The number of ether oxygens (including phenoxy) is 2. The van der Waals surface area contributed by atoms with Gasteiger partial charge in [0.05, 0.1) is 38.7 Å². The van der Waals surface area contributed by atoms with Crippen molar-refractivity contribution in [1.82, 2.24) is 24.8 Å². The zero-order chi connectivity index (χ0) is 23.0. The molecule has 0 radical (unpaired) electrons. The maximum absolute atomic E-state index is 12.9. The first-order valence-electron chi connectivity index (χ1n) is 10.8. The molecule has 3 heterocycles. The third kappa shape index (κ3) is 6.24. The molecule has 1 aliphatic heterocycles. The molecule has 33 heavy (non-hydrogen) atoms. The number of morpholine rings is 1. The first-order valence-corrected chi connectivity index (χ1v) is 10.8. The molecule has 1 amide bonds. The van der Waals surface area contributed by atoms with E-state index in [1.54, 1.807) is 25.7 Å². The van der Waals surface area contributed by atoms with Crippen molar-refractivity contribution >= 4 is 17.5 Å². The Kier molecular flexibility index (Phi) is 7.43. The molecule has 1 saturated heterocycles. The van der Waals surface area contributed by atoms with Gasteiger partial charge in [0.25, 0.3) is 0 Å². The molecule has 0 aliphatic carbocycles. The number of carbonyl (C=O) groups is 1. The van der Waals surface area contributed by atoms with E-state index in [-0.39, 0.29) is 12.0 Å². The molecule has 1 fully saturated rings. The molecule has 172 valence electrons. The number of amides is 1. The number of anilines is 2. The minimum Gasteiger partial charge on any atom is -0.497 e. The van der Waals surface area contributed by atoms with Gasteiger partial charge in [-0.25, -0.2) is 9.97 Å². The number of carbonyl (C=O) groups excluding carboxylic acids is 1. The van der Waals surface area contributed by atoms with E-state index in [1.807, 2.05) is 59.3 Å². The monoisotopic (exact) mass is 448 g/mol. The number of nitrogens with zero attached hydrogens (tertiary/aromatic N) is 5. The molecule has 1 aliphatic rings. The van der Waals surface area contributed by atoms with E-state index in [0.717, 1.165) is 17.0 Å². The number of hydrogen-bond acceptors (Lipinski definition) is 8. The van der Waals surface area contributed by atoms with Gasteiger partial charge in [-0.3, -0.25) is 14.7 Å². The molecule has 0 saturated carbocycles. The van der Waals surface area contributed by atoms with Gasteiger partial charge < -0.3 is 19.7 Å². The number of pyridine rings is 1. The van der Waals surface area contributed by atoms with Crippen molar-refractivity contribution in [3.05, 3.63) is 72.3 Å². The van der Waals surface area contributed by atoms with Gasteiger partial charge in [0, 0.05) is 25.5 Å². The average Bonchev–Trinajstić information content (AvgIpc) is 2.85. The Morgan fingerprint density at radius 3 is 2.82 bits per heavy atom. The van der Waals surface area contributed by atoms with E-state index < -0.39 is 0 Å². The largest absolute Gasteiger partial charge is 0.497 e. The van der Waals surface area contributed by atoms with E-state index >= 15 is 0 Å². The van der Waals surface area contributed by atoms with E-state index in [0.29, 0.717) is 44.4 Å². The van der Waals surface area contributed by atoms with Crippen LogP contribution < -0.4 is 10.1 Å². The number of likely N-dealkylation sites (N-methyl/N-ethyl adjacent to an activating group) is 1. The van der Waals surface area contributed by atoms with Crippen LogP contribution in [0.4, 0.5) is 11.6 Å².